The Morgan fingerprint density at radius 1 is 1.13 bits per heavy atom. The first kappa shape index (κ1) is 19.3. The number of benzene rings is 2. The van der Waals surface area contributed by atoms with E-state index in [2.05, 4.69) is 11.9 Å². The maximum atomic E-state index is 13.1. The summed E-state index contributed by atoms with van der Waals surface area (Å²) in [5, 5.41) is 11.4. The first-order valence-corrected chi connectivity index (χ1v) is 10.7. The SMILES string of the molecule is CCc1ccc2nc(N3C(=O)C(=O)/C(=C(/O)c4ccccc4)[C@@H]3c3ccco3)sc2c1. The van der Waals surface area contributed by atoms with E-state index in [4.69, 9.17) is 4.42 Å². The Balaban J connectivity index is 1.70. The molecular formula is C24H18N2O4S. The van der Waals surface area contributed by atoms with Crippen LogP contribution in [0.1, 0.15) is 29.9 Å². The van der Waals surface area contributed by atoms with Crippen molar-refractivity contribution in [3.8, 4) is 0 Å². The number of aliphatic hydroxyl groups excluding tert-OH is 1. The van der Waals surface area contributed by atoms with Crippen LogP contribution in [0, 0.1) is 0 Å². The number of rotatable bonds is 4. The Labute approximate surface area is 182 Å². The fraction of sp³-hybridized carbons (Fsp3) is 0.125. The molecule has 0 saturated carbocycles. The lowest BCUT2D eigenvalue weighted by Crippen LogP contribution is -2.29. The van der Waals surface area contributed by atoms with E-state index >= 15 is 0 Å². The molecule has 4 aromatic rings. The monoisotopic (exact) mass is 430 g/mol. The lowest BCUT2D eigenvalue weighted by Gasteiger charge is -2.20. The molecular weight excluding hydrogens is 412 g/mol. The number of amides is 1. The second kappa shape index (κ2) is 7.52. The average Bonchev–Trinajstić information content (AvgIpc) is 3.52. The third-order valence-corrected chi connectivity index (χ3v) is 6.38. The van der Waals surface area contributed by atoms with Crippen LogP contribution in [0.4, 0.5) is 5.13 Å². The number of thiazole rings is 1. The molecule has 0 aliphatic carbocycles. The zero-order chi connectivity index (χ0) is 21.5. The van der Waals surface area contributed by atoms with Crippen molar-refractivity contribution in [2.24, 2.45) is 0 Å². The van der Waals surface area contributed by atoms with Crippen molar-refractivity contribution in [3.05, 3.63) is 89.4 Å². The number of hydrogen-bond donors (Lipinski definition) is 1. The van der Waals surface area contributed by atoms with Crippen molar-refractivity contribution >= 4 is 44.1 Å². The number of aromatic nitrogens is 1. The van der Waals surface area contributed by atoms with Gasteiger partial charge in [0, 0.05) is 5.56 Å². The van der Waals surface area contributed by atoms with Crippen LogP contribution in [0.5, 0.6) is 0 Å². The van der Waals surface area contributed by atoms with Crippen molar-refractivity contribution in [2.45, 2.75) is 19.4 Å². The van der Waals surface area contributed by atoms with Crippen LogP contribution in [0.25, 0.3) is 16.0 Å². The largest absolute Gasteiger partial charge is 0.507 e. The van der Waals surface area contributed by atoms with E-state index in [0.29, 0.717) is 16.5 Å². The van der Waals surface area contributed by atoms with Crippen molar-refractivity contribution in [2.75, 3.05) is 4.90 Å². The third kappa shape index (κ3) is 3.14. The van der Waals surface area contributed by atoms with E-state index in [0.717, 1.165) is 22.2 Å². The molecule has 0 unspecified atom stereocenters. The second-order valence-electron chi connectivity index (χ2n) is 7.20. The number of furan rings is 1. The van der Waals surface area contributed by atoms with E-state index in [1.165, 1.54) is 22.5 Å². The number of fused-ring (bicyclic) bond motifs is 1. The summed E-state index contributed by atoms with van der Waals surface area (Å²) in [6.07, 6.45) is 2.36. The summed E-state index contributed by atoms with van der Waals surface area (Å²) >= 11 is 1.34. The highest BCUT2D eigenvalue weighted by Crippen LogP contribution is 2.44. The number of Topliss-reactive ketones (excluding diaryl/α,β-unsaturated/α-hetero) is 1. The van der Waals surface area contributed by atoms with Crippen LogP contribution >= 0.6 is 11.3 Å². The van der Waals surface area contributed by atoms with Crippen LogP contribution in [0.3, 0.4) is 0 Å². The summed E-state index contributed by atoms with van der Waals surface area (Å²) in [6.45, 7) is 2.07. The average molecular weight is 430 g/mol. The molecule has 1 atom stereocenters. The summed E-state index contributed by atoms with van der Waals surface area (Å²) < 4.78 is 6.51. The zero-order valence-electron chi connectivity index (χ0n) is 16.6. The predicted molar refractivity (Wildman–Crippen MR) is 119 cm³/mol. The van der Waals surface area contributed by atoms with Gasteiger partial charge in [0.25, 0.3) is 5.78 Å². The second-order valence-corrected chi connectivity index (χ2v) is 8.21. The quantitative estimate of drug-likeness (QED) is 0.277. The van der Waals surface area contributed by atoms with Gasteiger partial charge in [-0.3, -0.25) is 14.5 Å². The van der Waals surface area contributed by atoms with Gasteiger partial charge < -0.3 is 9.52 Å². The summed E-state index contributed by atoms with van der Waals surface area (Å²) in [4.78, 5) is 32.1. The minimum absolute atomic E-state index is 0.0142. The van der Waals surface area contributed by atoms with Crippen molar-refractivity contribution in [1.82, 2.24) is 4.98 Å². The summed E-state index contributed by atoms with van der Waals surface area (Å²) in [5.41, 5.74) is 2.35. The van der Waals surface area contributed by atoms with Crippen LogP contribution < -0.4 is 4.90 Å². The molecule has 1 aliphatic heterocycles. The fourth-order valence-corrected chi connectivity index (χ4v) is 4.83. The molecule has 5 rings (SSSR count). The van der Waals surface area contributed by atoms with Gasteiger partial charge in [0.05, 0.1) is 22.1 Å². The minimum atomic E-state index is -0.901. The van der Waals surface area contributed by atoms with Crippen LogP contribution in [-0.4, -0.2) is 21.8 Å². The van der Waals surface area contributed by atoms with Crippen molar-refractivity contribution in [3.63, 3.8) is 0 Å². The van der Waals surface area contributed by atoms with E-state index in [9.17, 15) is 14.7 Å². The summed E-state index contributed by atoms with van der Waals surface area (Å²) in [6, 6.07) is 17.1. The first-order chi connectivity index (χ1) is 15.1. The van der Waals surface area contributed by atoms with Gasteiger partial charge in [0.15, 0.2) is 5.13 Å². The van der Waals surface area contributed by atoms with Gasteiger partial charge >= 0.3 is 5.91 Å². The van der Waals surface area contributed by atoms with Crippen molar-refractivity contribution < 1.29 is 19.1 Å². The molecule has 6 nitrogen and oxygen atoms in total. The highest BCUT2D eigenvalue weighted by molar-refractivity contribution is 7.22. The normalized spacial score (nSPS) is 18.2. The van der Waals surface area contributed by atoms with Gasteiger partial charge in [-0.2, -0.15) is 0 Å². The molecule has 1 aliphatic rings. The molecule has 1 amide bonds. The highest BCUT2D eigenvalue weighted by atomic mass is 32.1. The molecule has 2 aromatic heterocycles. The van der Waals surface area contributed by atoms with Crippen LogP contribution in [-0.2, 0) is 16.0 Å². The topological polar surface area (TPSA) is 83.6 Å². The molecule has 1 N–H and O–H groups in total. The maximum absolute atomic E-state index is 13.1. The first-order valence-electron chi connectivity index (χ1n) is 9.87. The number of anilines is 1. The Kier molecular flexibility index (Phi) is 4.67. The lowest BCUT2D eigenvalue weighted by molar-refractivity contribution is -0.132. The van der Waals surface area contributed by atoms with Gasteiger partial charge in [-0.05, 0) is 36.2 Å². The molecule has 0 bridgehead atoms. The number of carbonyl (C=O) groups excluding carboxylic acids is 2. The number of carbonyl (C=O) groups is 2. The highest BCUT2D eigenvalue weighted by Gasteiger charge is 2.49. The number of hydrogen-bond acceptors (Lipinski definition) is 6. The van der Waals surface area contributed by atoms with Gasteiger partial charge in [0.2, 0.25) is 0 Å². The number of ketones is 1. The Hall–Kier alpha value is -3.71. The molecule has 0 radical (unpaired) electrons. The molecule has 7 heteroatoms. The van der Waals surface area contributed by atoms with E-state index in [1.807, 2.05) is 24.3 Å². The zero-order valence-corrected chi connectivity index (χ0v) is 17.4. The van der Waals surface area contributed by atoms with E-state index in [1.54, 1.807) is 36.4 Å². The molecule has 1 fully saturated rings. The smallest absolute Gasteiger partial charge is 0.302 e. The van der Waals surface area contributed by atoms with Crippen molar-refractivity contribution in [1.29, 1.82) is 0 Å². The lowest BCUT2D eigenvalue weighted by atomic mass is 9.99. The van der Waals surface area contributed by atoms with Gasteiger partial charge in [-0.15, -0.1) is 0 Å². The standard InChI is InChI=1S/C24H18N2O4S/c1-2-14-10-11-16-18(13-14)31-24(25-16)26-20(17-9-6-12-30-17)19(22(28)23(26)29)21(27)15-7-4-3-5-8-15/h3-13,20,27H,2H2,1H3/b21-19+/t20-/m0/s1. The van der Waals surface area contributed by atoms with Gasteiger partial charge in [-0.25, -0.2) is 4.98 Å². The molecule has 1 saturated heterocycles. The molecule has 3 heterocycles. The van der Waals surface area contributed by atoms with E-state index < -0.39 is 17.7 Å². The van der Waals surface area contributed by atoms with Gasteiger partial charge in [-0.1, -0.05) is 54.7 Å². The minimum Gasteiger partial charge on any atom is -0.507 e. The summed E-state index contributed by atoms with van der Waals surface area (Å²) in [5.74, 6) is -1.37. The molecule has 0 spiro atoms. The number of nitrogens with zero attached hydrogens (tertiary/aromatic N) is 2. The maximum Gasteiger partial charge on any atom is 0.302 e. The molecule has 31 heavy (non-hydrogen) atoms. The fourth-order valence-electron chi connectivity index (χ4n) is 3.78. The Morgan fingerprint density at radius 2 is 1.94 bits per heavy atom. The Morgan fingerprint density at radius 3 is 2.65 bits per heavy atom. The third-order valence-electron chi connectivity index (χ3n) is 5.36. The van der Waals surface area contributed by atoms with Crippen LogP contribution in [0.2, 0.25) is 0 Å². The van der Waals surface area contributed by atoms with Crippen LogP contribution in [0.15, 0.2) is 76.9 Å². The number of aryl methyl sites for hydroxylation is 1. The molecule has 154 valence electrons. The summed E-state index contributed by atoms with van der Waals surface area (Å²) in [7, 11) is 0. The molecule has 2 aromatic carbocycles. The number of aliphatic hydroxyl groups is 1. The predicted octanol–water partition coefficient (Wildman–Crippen LogP) is 5.08. The Bertz CT molecular complexity index is 1320. The van der Waals surface area contributed by atoms with E-state index in [-0.39, 0.29) is 11.3 Å². The van der Waals surface area contributed by atoms with Gasteiger partial charge in [0.1, 0.15) is 17.6 Å².